The average molecular weight is 407 g/mol. The summed E-state index contributed by atoms with van der Waals surface area (Å²) in [5.41, 5.74) is 0. The maximum absolute atomic E-state index is 4.24. The summed E-state index contributed by atoms with van der Waals surface area (Å²) in [5, 5.41) is 6.69. The van der Waals surface area contributed by atoms with Gasteiger partial charge in [-0.25, -0.2) is 0 Å². The van der Waals surface area contributed by atoms with Gasteiger partial charge in [0.05, 0.1) is 0 Å². The second-order valence-corrected chi connectivity index (χ2v) is 4.78. The minimum absolute atomic E-state index is 0. The van der Waals surface area contributed by atoms with Crippen molar-refractivity contribution in [3.63, 3.8) is 0 Å². The molecule has 21 heavy (non-hydrogen) atoms. The van der Waals surface area contributed by atoms with Crippen LogP contribution in [0.1, 0.15) is 20.3 Å². The third-order valence-electron chi connectivity index (χ3n) is 3.26. The summed E-state index contributed by atoms with van der Waals surface area (Å²) < 4.78 is 2.15. The lowest BCUT2D eigenvalue weighted by Gasteiger charge is -2.20. The maximum atomic E-state index is 4.24. The molecule has 5 nitrogen and oxygen atoms in total. The van der Waals surface area contributed by atoms with Gasteiger partial charge in [-0.05, 0) is 31.6 Å². The van der Waals surface area contributed by atoms with E-state index in [-0.39, 0.29) is 24.0 Å². The van der Waals surface area contributed by atoms with E-state index < -0.39 is 0 Å². The van der Waals surface area contributed by atoms with Crippen LogP contribution in [0.3, 0.4) is 0 Å². The van der Waals surface area contributed by atoms with E-state index in [0.29, 0.717) is 0 Å². The lowest BCUT2D eigenvalue weighted by Crippen LogP contribution is -2.42. The van der Waals surface area contributed by atoms with Crippen LogP contribution in [0.25, 0.3) is 0 Å². The fourth-order valence-electron chi connectivity index (χ4n) is 2.12. The Balaban J connectivity index is 0.00000400. The van der Waals surface area contributed by atoms with Crippen LogP contribution in [0.2, 0.25) is 0 Å². The van der Waals surface area contributed by atoms with Crippen molar-refractivity contribution in [3.8, 4) is 0 Å². The van der Waals surface area contributed by atoms with Gasteiger partial charge in [0.1, 0.15) is 0 Å². The molecule has 0 aliphatic heterocycles. The van der Waals surface area contributed by atoms with E-state index in [9.17, 15) is 0 Å². The second kappa shape index (κ2) is 12.9. The predicted octanol–water partition coefficient (Wildman–Crippen LogP) is 2.00. The monoisotopic (exact) mass is 407 g/mol. The Labute approximate surface area is 146 Å². The molecule has 0 atom stereocenters. The molecule has 0 saturated heterocycles. The molecule has 1 aromatic heterocycles. The Kier molecular flexibility index (Phi) is 12.5. The van der Waals surface area contributed by atoms with Crippen LogP contribution >= 0.6 is 24.0 Å². The number of halogens is 1. The summed E-state index contributed by atoms with van der Waals surface area (Å²) in [7, 11) is 1.81. The van der Waals surface area contributed by atoms with E-state index in [1.807, 2.05) is 19.2 Å². The topological polar surface area (TPSA) is 44.6 Å². The summed E-state index contributed by atoms with van der Waals surface area (Å²) in [6, 6.07) is 4.08. The molecule has 1 aromatic rings. The van der Waals surface area contributed by atoms with Crippen LogP contribution < -0.4 is 10.6 Å². The summed E-state index contributed by atoms with van der Waals surface area (Å²) in [4.78, 5) is 6.69. The molecule has 2 N–H and O–H groups in total. The first-order valence-corrected chi connectivity index (χ1v) is 7.57. The molecule has 0 saturated carbocycles. The van der Waals surface area contributed by atoms with Crippen molar-refractivity contribution in [1.82, 2.24) is 20.1 Å². The third kappa shape index (κ3) is 8.98. The highest BCUT2D eigenvalue weighted by atomic mass is 127. The van der Waals surface area contributed by atoms with Gasteiger partial charge in [-0.1, -0.05) is 13.8 Å². The molecule has 0 fully saturated rings. The van der Waals surface area contributed by atoms with Gasteiger partial charge in [0.25, 0.3) is 0 Å². The summed E-state index contributed by atoms with van der Waals surface area (Å²) in [5.74, 6) is 0.879. The van der Waals surface area contributed by atoms with Crippen molar-refractivity contribution >= 4 is 29.9 Å². The SMILES string of the molecule is CCCN(CC)CCNC(=NC)NCCn1cccc1.I. The first-order valence-electron chi connectivity index (χ1n) is 7.57. The lowest BCUT2D eigenvalue weighted by molar-refractivity contribution is 0.293. The maximum Gasteiger partial charge on any atom is 0.191 e. The van der Waals surface area contributed by atoms with E-state index in [1.54, 1.807) is 0 Å². The molecule has 0 amide bonds. The molecule has 1 heterocycles. The van der Waals surface area contributed by atoms with Gasteiger partial charge in [0, 0.05) is 45.6 Å². The predicted molar refractivity (Wildman–Crippen MR) is 102 cm³/mol. The van der Waals surface area contributed by atoms with Gasteiger partial charge in [0.15, 0.2) is 5.96 Å². The average Bonchev–Trinajstić information content (AvgIpc) is 2.97. The van der Waals surface area contributed by atoms with Crippen LogP contribution in [0, 0.1) is 0 Å². The van der Waals surface area contributed by atoms with Crippen LogP contribution in [-0.2, 0) is 6.54 Å². The second-order valence-electron chi connectivity index (χ2n) is 4.78. The molecule has 0 bridgehead atoms. The number of aromatic nitrogens is 1. The minimum atomic E-state index is 0. The number of hydrogen-bond acceptors (Lipinski definition) is 2. The molecular formula is C15H30IN5. The molecule has 0 radical (unpaired) electrons. The molecule has 0 aliphatic carbocycles. The number of rotatable bonds is 9. The minimum Gasteiger partial charge on any atom is -0.355 e. The van der Waals surface area contributed by atoms with Crippen LogP contribution in [0.5, 0.6) is 0 Å². The number of likely N-dealkylation sites (N-methyl/N-ethyl adjacent to an activating group) is 1. The number of nitrogens with zero attached hydrogens (tertiary/aromatic N) is 3. The largest absolute Gasteiger partial charge is 0.355 e. The Morgan fingerprint density at radius 1 is 1.10 bits per heavy atom. The lowest BCUT2D eigenvalue weighted by atomic mass is 10.4. The highest BCUT2D eigenvalue weighted by Gasteiger charge is 2.01. The van der Waals surface area contributed by atoms with E-state index in [0.717, 1.165) is 45.2 Å². The van der Waals surface area contributed by atoms with Crippen LogP contribution in [0.15, 0.2) is 29.5 Å². The van der Waals surface area contributed by atoms with Gasteiger partial charge < -0.3 is 20.1 Å². The van der Waals surface area contributed by atoms with Gasteiger partial charge in [0.2, 0.25) is 0 Å². The first-order chi connectivity index (χ1) is 9.80. The highest BCUT2D eigenvalue weighted by molar-refractivity contribution is 14.0. The van der Waals surface area contributed by atoms with Crippen molar-refractivity contribution < 1.29 is 0 Å². The van der Waals surface area contributed by atoms with Crippen molar-refractivity contribution in [2.45, 2.75) is 26.8 Å². The summed E-state index contributed by atoms with van der Waals surface area (Å²) in [6.07, 6.45) is 5.35. The molecular weight excluding hydrogens is 377 g/mol. The third-order valence-corrected chi connectivity index (χ3v) is 3.26. The van der Waals surface area contributed by atoms with Gasteiger partial charge >= 0.3 is 0 Å². The zero-order valence-corrected chi connectivity index (χ0v) is 15.8. The van der Waals surface area contributed by atoms with Gasteiger partial charge in [-0.2, -0.15) is 0 Å². The Hall–Kier alpha value is -0.760. The Bertz CT molecular complexity index is 364. The van der Waals surface area contributed by atoms with Crippen LogP contribution in [-0.4, -0.2) is 55.2 Å². The molecule has 122 valence electrons. The fraction of sp³-hybridized carbons (Fsp3) is 0.667. The Morgan fingerprint density at radius 2 is 1.76 bits per heavy atom. The van der Waals surface area contributed by atoms with E-state index >= 15 is 0 Å². The molecule has 1 rings (SSSR count). The standard InChI is InChI=1S/C15H29N5.HI/c1-4-10-19(5-2)13-8-17-15(16-3)18-9-14-20-11-6-7-12-20;/h6-7,11-12H,4-5,8-10,13-14H2,1-3H3,(H2,16,17,18);1H. The fourth-order valence-corrected chi connectivity index (χ4v) is 2.12. The molecule has 0 aliphatic rings. The molecule has 0 spiro atoms. The summed E-state index contributed by atoms with van der Waals surface area (Å²) in [6.45, 7) is 10.5. The Morgan fingerprint density at radius 3 is 2.33 bits per heavy atom. The van der Waals surface area contributed by atoms with E-state index in [4.69, 9.17) is 0 Å². The first kappa shape index (κ1) is 20.2. The van der Waals surface area contributed by atoms with Crippen molar-refractivity contribution in [2.75, 3.05) is 39.8 Å². The van der Waals surface area contributed by atoms with Crippen LogP contribution in [0.4, 0.5) is 0 Å². The molecule has 0 aromatic carbocycles. The zero-order valence-electron chi connectivity index (χ0n) is 13.5. The van der Waals surface area contributed by atoms with Crippen molar-refractivity contribution in [1.29, 1.82) is 0 Å². The van der Waals surface area contributed by atoms with Gasteiger partial charge in [-0.15, -0.1) is 24.0 Å². The highest BCUT2D eigenvalue weighted by Crippen LogP contribution is 1.89. The van der Waals surface area contributed by atoms with E-state index in [1.165, 1.54) is 6.42 Å². The van der Waals surface area contributed by atoms with Crippen molar-refractivity contribution in [2.24, 2.45) is 4.99 Å². The number of aliphatic imine (C=N–C) groups is 1. The zero-order chi connectivity index (χ0) is 14.6. The number of nitrogens with one attached hydrogen (secondary N) is 2. The van der Waals surface area contributed by atoms with E-state index in [2.05, 4.69) is 51.3 Å². The van der Waals surface area contributed by atoms with Gasteiger partial charge in [-0.3, -0.25) is 4.99 Å². The molecule has 0 unspecified atom stereocenters. The van der Waals surface area contributed by atoms with Crippen molar-refractivity contribution in [3.05, 3.63) is 24.5 Å². The smallest absolute Gasteiger partial charge is 0.191 e. The number of hydrogen-bond donors (Lipinski definition) is 2. The molecule has 6 heteroatoms. The normalized spacial score (nSPS) is 11.3. The quantitative estimate of drug-likeness (QED) is 0.374. The summed E-state index contributed by atoms with van der Waals surface area (Å²) >= 11 is 0. The number of guanidine groups is 1.